The Morgan fingerprint density at radius 3 is 2.47 bits per heavy atom. The summed E-state index contributed by atoms with van der Waals surface area (Å²) in [5, 5.41) is 3.60. The summed E-state index contributed by atoms with van der Waals surface area (Å²) in [4.78, 5) is 44.0. The number of H-pyrrole nitrogens is 1. The number of ether oxygens (including phenoxy) is 2. The molecule has 2 aromatic heterocycles. The molecular formula is C25H23N3O5S. The topological polar surface area (TPSA) is 110 Å². The van der Waals surface area contributed by atoms with Gasteiger partial charge in [-0.1, -0.05) is 6.07 Å². The van der Waals surface area contributed by atoms with Crippen molar-refractivity contribution in [3.63, 3.8) is 0 Å². The average molecular weight is 478 g/mol. The summed E-state index contributed by atoms with van der Waals surface area (Å²) in [6, 6.07) is 13.5. The van der Waals surface area contributed by atoms with Crippen LogP contribution in [0.3, 0.4) is 0 Å². The number of aromatic amines is 1. The second kappa shape index (κ2) is 9.48. The zero-order valence-electron chi connectivity index (χ0n) is 19.1. The van der Waals surface area contributed by atoms with Gasteiger partial charge < -0.3 is 19.8 Å². The van der Waals surface area contributed by atoms with Crippen molar-refractivity contribution in [3.05, 3.63) is 70.5 Å². The molecule has 0 aliphatic heterocycles. The number of amides is 1. The summed E-state index contributed by atoms with van der Waals surface area (Å²) in [6.45, 7) is 4.85. The highest BCUT2D eigenvalue weighted by Gasteiger charge is 2.23. The van der Waals surface area contributed by atoms with Crippen LogP contribution in [0.2, 0.25) is 0 Å². The number of rotatable bonds is 6. The minimum atomic E-state index is -0.729. The Hall–Kier alpha value is -3.98. The molecule has 1 amide bonds. The van der Waals surface area contributed by atoms with Gasteiger partial charge in [0, 0.05) is 16.9 Å². The van der Waals surface area contributed by atoms with Crippen molar-refractivity contribution >= 4 is 45.1 Å². The van der Waals surface area contributed by atoms with Gasteiger partial charge in [0.25, 0.3) is 5.91 Å². The smallest absolute Gasteiger partial charge is 0.355 e. The largest absolute Gasteiger partial charge is 0.465 e. The number of anilines is 1. The SMILES string of the molecule is COC(=O)c1c(C)[nH]c(C(=O)OCC(=O)Nc2ccc(-c3nc4ccc(C)cc4s3)cc2)c1C. The maximum atomic E-state index is 12.4. The van der Waals surface area contributed by atoms with Crippen molar-refractivity contribution in [3.8, 4) is 10.6 Å². The Morgan fingerprint density at radius 1 is 1.03 bits per heavy atom. The molecule has 0 aliphatic carbocycles. The van der Waals surface area contributed by atoms with Gasteiger partial charge in [0.15, 0.2) is 6.61 Å². The van der Waals surface area contributed by atoms with Crippen LogP contribution in [0.25, 0.3) is 20.8 Å². The van der Waals surface area contributed by atoms with Gasteiger partial charge in [0.05, 0.1) is 22.9 Å². The summed E-state index contributed by atoms with van der Waals surface area (Å²) in [5.74, 6) is -1.76. The van der Waals surface area contributed by atoms with E-state index in [9.17, 15) is 14.4 Å². The third kappa shape index (κ3) is 4.69. The third-order valence-electron chi connectivity index (χ3n) is 5.33. The third-order valence-corrected chi connectivity index (χ3v) is 6.39. The van der Waals surface area contributed by atoms with Gasteiger partial charge in [0.1, 0.15) is 10.7 Å². The molecule has 0 bridgehead atoms. The molecule has 174 valence electrons. The van der Waals surface area contributed by atoms with Crippen molar-refractivity contribution in [1.29, 1.82) is 0 Å². The molecule has 0 saturated heterocycles. The van der Waals surface area contributed by atoms with Crippen LogP contribution in [0.4, 0.5) is 5.69 Å². The lowest BCUT2D eigenvalue weighted by molar-refractivity contribution is -0.119. The van der Waals surface area contributed by atoms with E-state index in [1.807, 2.05) is 31.2 Å². The number of esters is 2. The minimum absolute atomic E-state index is 0.112. The van der Waals surface area contributed by atoms with Crippen LogP contribution in [0, 0.1) is 20.8 Å². The lowest BCUT2D eigenvalue weighted by Gasteiger charge is -2.07. The summed E-state index contributed by atoms with van der Waals surface area (Å²) < 4.78 is 11.0. The lowest BCUT2D eigenvalue weighted by Crippen LogP contribution is -2.21. The Bertz CT molecular complexity index is 1400. The van der Waals surface area contributed by atoms with Gasteiger partial charge in [-0.05, 0) is 68.3 Å². The van der Waals surface area contributed by atoms with Crippen molar-refractivity contribution in [1.82, 2.24) is 9.97 Å². The second-order valence-corrected chi connectivity index (χ2v) is 8.84. The number of aryl methyl sites for hydroxylation is 2. The molecule has 2 N–H and O–H groups in total. The van der Waals surface area contributed by atoms with Crippen LogP contribution in [0.1, 0.15) is 37.7 Å². The van der Waals surface area contributed by atoms with Crippen molar-refractivity contribution in [2.24, 2.45) is 0 Å². The molecule has 4 aromatic rings. The minimum Gasteiger partial charge on any atom is -0.465 e. The first-order chi connectivity index (χ1) is 16.3. The molecule has 0 atom stereocenters. The number of thiazole rings is 1. The number of fused-ring (bicyclic) bond motifs is 1. The molecule has 0 unspecified atom stereocenters. The van der Waals surface area contributed by atoms with Gasteiger partial charge >= 0.3 is 11.9 Å². The Labute approximate surface area is 199 Å². The number of aromatic nitrogens is 2. The molecule has 0 spiro atoms. The first-order valence-corrected chi connectivity index (χ1v) is 11.3. The quantitative estimate of drug-likeness (QED) is 0.386. The highest BCUT2D eigenvalue weighted by molar-refractivity contribution is 7.21. The molecule has 9 heteroatoms. The van der Waals surface area contributed by atoms with E-state index in [1.54, 1.807) is 37.3 Å². The number of hydrogen-bond acceptors (Lipinski definition) is 7. The number of carbonyl (C=O) groups excluding carboxylic acids is 3. The van der Waals surface area contributed by atoms with Crippen LogP contribution in [0.15, 0.2) is 42.5 Å². The van der Waals surface area contributed by atoms with Crippen LogP contribution in [-0.4, -0.2) is 41.5 Å². The number of nitrogens with one attached hydrogen (secondary N) is 2. The number of nitrogens with zero attached hydrogens (tertiary/aromatic N) is 1. The van der Waals surface area contributed by atoms with Crippen LogP contribution < -0.4 is 5.32 Å². The number of methoxy groups -OCH3 is 1. The molecule has 4 rings (SSSR count). The normalized spacial score (nSPS) is 10.8. The molecule has 8 nitrogen and oxygen atoms in total. The van der Waals surface area contributed by atoms with E-state index >= 15 is 0 Å². The van der Waals surface area contributed by atoms with Crippen molar-refractivity contribution in [2.45, 2.75) is 20.8 Å². The standard InChI is InChI=1S/C25H23N3O5S/c1-13-5-10-18-19(11-13)34-23(28-18)16-6-8-17(9-7-16)27-20(29)12-33-25(31)22-14(2)21(15(3)26-22)24(30)32-4/h5-11,26H,12H2,1-4H3,(H,27,29). The van der Waals surface area contributed by atoms with Gasteiger partial charge in [-0.25, -0.2) is 14.6 Å². The summed E-state index contributed by atoms with van der Waals surface area (Å²) >= 11 is 1.61. The van der Waals surface area contributed by atoms with Gasteiger partial charge in [-0.3, -0.25) is 4.79 Å². The molecular weight excluding hydrogens is 454 g/mol. The van der Waals surface area contributed by atoms with E-state index in [0.717, 1.165) is 20.8 Å². The maximum Gasteiger partial charge on any atom is 0.355 e. The lowest BCUT2D eigenvalue weighted by atomic mass is 10.1. The molecule has 0 saturated carbocycles. The molecule has 0 aliphatic rings. The maximum absolute atomic E-state index is 12.4. The van der Waals surface area contributed by atoms with E-state index in [1.165, 1.54) is 12.7 Å². The Kier molecular flexibility index (Phi) is 6.47. The first-order valence-electron chi connectivity index (χ1n) is 10.5. The first kappa shape index (κ1) is 23.2. The van der Waals surface area contributed by atoms with E-state index in [0.29, 0.717) is 16.9 Å². The van der Waals surface area contributed by atoms with E-state index in [-0.39, 0.29) is 11.3 Å². The fourth-order valence-electron chi connectivity index (χ4n) is 3.61. The van der Waals surface area contributed by atoms with Crippen molar-refractivity contribution < 1.29 is 23.9 Å². The molecule has 2 heterocycles. The van der Waals surface area contributed by atoms with Crippen molar-refractivity contribution in [2.75, 3.05) is 19.0 Å². The Morgan fingerprint density at radius 2 is 1.76 bits per heavy atom. The fraction of sp³-hybridized carbons (Fsp3) is 0.200. The molecule has 0 radical (unpaired) electrons. The zero-order valence-corrected chi connectivity index (χ0v) is 20.0. The summed E-state index contributed by atoms with van der Waals surface area (Å²) in [5.41, 5.74) is 4.95. The zero-order chi connectivity index (χ0) is 24.4. The predicted octanol–water partition coefficient (Wildman–Crippen LogP) is 4.80. The highest BCUT2D eigenvalue weighted by Crippen LogP contribution is 2.31. The van der Waals surface area contributed by atoms with E-state index in [4.69, 9.17) is 9.47 Å². The Balaban J connectivity index is 1.37. The second-order valence-electron chi connectivity index (χ2n) is 7.81. The van der Waals surface area contributed by atoms with Crippen LogP contribution in [-0.2, 0) is 14.3 Å². The molecule has 2 aromatic carbocycles. The number of hydrogen-bond donors (Lipinski definition) is 2. The van der Waals surface area contributed by atoms with Gasteiger partial charge in [-0.15, -0.1) is 11.3 Å². The fourth-order valence-corrected chi connectivity index (χ4v) is 4.68. The predicted molar refractivity (Wildman–Crippen MR) is 130 cm³/mol. The number of carbonyl (C=O) groups is 3. The summed E-state index contributed by atoms with van der Waals surface area (Å²) in [7, 11) is 1.27. The molecule has 34 heavy (non-hydrogen) atoms. The summed E-state index contributed by atoms with van der Waals surface area (Å²) in [6.07, 6.45) is 0. The molecule has 0 fully saturated rings. The van der Waals surface area contributed by atoms with Crippen LogP contribution in [0.5, 0.6) is 0 Å². The monoisotopic (exact) mass is 477 g/mol. The van der Waals surface area contributed by atoms with E-state index in [2.05, 4.69) is 21.4 Å². The van der Waals surface area contributed by atoms with E-state index < -0.39 is 24.5 Å². The average Bonchev–Trinajstić information content (AvgIpc) is 3.37. The highest BCUT2D eigenvalue weighted by atomic mass is 32.1. The number of benzene rings is 2. The van der Waals surface area contributed by atoms with Gasteiger partial charge in [-0.2, -0.15) is 0 Å². The van der Waals surface area contributed by atoms with Crippen LogP contribution >= 0.6 is 11.3 Å². The van der Waals surface area contributed by atoms with Gasteiger partial charge in [0.2, 0.25) is 0 Å².